The third kappa shape index (κ3) is 2.36. The third-order valence-electron chi connectivity index (χ3n) is 1.99. The van der Waals surface area contributed by atoms with E-state index in [4.69, 9.17) is 4.74 Å². The summed E-state index contributed by atoms with van der Waals surface area (Å²) in [6.07, 6.45) is 1.89. The van der Waals surface area contributed by atoms with E-state index in [2.05, 4.69) is 4.98 Å². The van der Waals surface area contributed by atoms with Crippen LogP contribution in [-0.2, 0) is 0 Å². The minimum atomic E-state index is 0. The number of rotatable bonds is 2. The molecule has 0 saturated carbocycles. The Morgan fingerprint density at radius 1 is 1.27 bits per heavy atom. The fourth-order valence-corrected chi connectivity index (χ4v) is 2.14. The summed E-state index contributed by atoms with van der Waals surface area (Å²) < 4.78 is 5.29. The van der Waals surface area contributed by atoms with E-state index in [0.717, 1.165) is 21.2 Å². The van der Waals surface area contributed by atoms with Crippen molar-refractivity contribution < 1.29 is 4.74 Å². The van der Waals surface area contributed by atoms with Gasteiger partial charge in [0.15, 0.2) is 0 Å². The fraction of sp³-hybridized carbons (Fsp3) is 0.250. The van der Waals surface area contributed by atoms with Crippen LogP contribution < -0.4 is 4.74 Å². The number of ether oxygens (including phenoxy) is 1. The summed E-state index contributed by atoms with van der Waals surface area (Å²) in [5, 5.41) is 1.07. The van der Waals surface area contributed by atoms with Crippen molar-refractivity contribution in [2.24, 2.45) is 0 Å². The van der Waals surface area contributed by atoms with Crippen LogP contribution in [0.1, 0.15) is 12.4 Å². The predicted molar refractivity (Wildman–Crippen MR) is 65.6 cm³/mol. The van der Waals surface area contributed by atoms with Gasteiger partial charge in [0, 0.05) is 11.8 Å². The summed E-state index contributed by atoms with van der Waals surface area (Å²) in [5.74, 6) is 0.899. The smallest absolute Gasteiger partial charge is 0.127 e. The van der Waals surface area contributed by atoms with Crippen molar-refractivity contribution in [3.8, 4) is 16.2 Å². The van der Waals surface area contributed by atoms with Crippen LogP contribution in [0.5, 0.6) is 5.75 Å². The summed E-state index contributed by atoms with van der Waals surface area (Å²) in [5.41, 5.74) is 1.11. The summed E-state index contributed by atoms with van der Waals surface area (Å²) in [6.45, 7) is 2.00. The van der Waals surface area contributed by atoms with Crippen molar-refractivity contribution in [1.29, 1.82) is 0 Å². The van der Waals surface area contributed by atoms with Gasteiger partial charge in [-0.25, -0.2) is 4.98 Å². The third-order valence-corrected chi connectivity index (χ3v) is 2.94. The molecule has 0 atom stereocenters. The van der Waals surface area contributed by atoms with Gasteiger partial charge in [0.1, 0.15) is 5.75 Å². The normalized spacial score (nSPS) is 9.47. The van der Waals surface area contributed by atoms with Crippen molar-refractivity contribution in [2.75, 3.05) is 7.11 Å². The summed E-state index contributed by atoms with van der Waals surface area (Å²) >= 11 is 1.68. The molecule has 0 spiro atoms. The highest BCUT2D eigenvalue weighted by molar-refractivity contribution is 7.15. The van der Waals surface area contributed by atoms with Crippen LogP contribution in [0.3, 0.4) is 0 Å². The van der Waals surface area contributed by atoms with E-state index >= 15 is 0 Å². The second kappa shape index (κ2) is 4.94. The summed E-state index contributed by atoms with van der Waals surface area (Å²) in [6, 6.07) is 7.99. The quantitative estimate of drug-likeness (QED) is 0.770. The molecule has 3 heteroatoms. The summed E-state index contributed by atoms with van der Waals surface area (Å²) in [4.78, 5) is 5.38. The van der Waals surface area contributed by atoms with E-state index in [9.17, 15) is 0 Å². The molecule has 0 N–H and O–H groups in total. The molecule has 2 nitrogen and oxygen atoms in total. The van der Waals surface area contributed by atoms with Crippen molar-refractivity contribution in [2.45, 2.75) is 14.4 Å². The van der Waals surface area contributed by atoms with Crippen LogP contribution in [0.4, 0.5) is 0 Å². The number of nitrogens with zero attached hydrogens (tertiary/aromatic N) is 1. The van der Waals surface area contributed by atoms with E-state index in [1.807, 2.05) is 37.4 Å². The van der Waals surface area contributed by atoms with Crippen LogP contribution >= 0.6 is 11.3 Å². The monoisotopic (exact) mass is 221 g/mol. The first-order chi connectivity index (χ1) is 6.81. The zero-order valence-electron chi connectivity index (χ0n) is 8.15. The van der Waals surface area contributed by atoms with Crippen molar-refractivity contribution in [3.63, 3.8) is 0 Å². The molecule has 2 rings (SSSR count). The lowest BCUT2D eigenvalue weighted by atomic mass is 10.2. The van der Waals surface area contributed by atoms with Crippen LogP contribution in [0.15, 0.2) is 30.5 Å². The maximum atomic E-state index is 5.29. The standard InChI is InChI=1S/C11H11NOS.CH4/c1-8-12-7-11(14-8)9-5-3-4-6-10(9)13-2;/h3-7H,1-2H3;1H4. The van der Waals surface area contributed by atoms with Gasteiger partial charge in [-0.2, -0.15) is 0 Å². The minimum absolute atomic E-state index is 0. The van der Waals surface area contributed by atoms with Gasteiger partial charge >= 0.3 is 0 Å². The fourth-order valence-electron chi connectivity index (χ4n) is 1.33. The zero-order chi connectivity index (χ0) is 9.97. The maximum absolute atomic E-state index is 5.29. The van der Waals surface area contributed by atoms with E-state index in [0.29, 0.717) is 0 Å². The van der Waals surface area contributed by atoms with Crippen molar-refractivity contribution in [1.82, 2.24) is 4.98 Å². The van der Waals surface area contributed by atoms with Gasteiger partial charge in [0.05, 0.1) is 17.0 Å². The molecule has 0 amide bonds. The predicted octanol–water partition coefficient (Wildman–Crippen LogP) is 3.76. The number of thiazole rings is 1. The number of aromatic nitrogens is 1. The Morgan fingerprint density at radius 3 is 2.60 bits per heavy atom. The van der Waals surface area contributed by atoms with Crippen molar-refractivity contribution >= 4 is 11.3 Å². The summed E-state index contributed by atoms with van der Waals surface area (Å²) in [7, 11) is 1.69. The van der Waals surface area contributed by atoms with Gasteiger partial charge in [-0.1, -0.05) is 19.6 Å². The van der Waals surface area contributed by atoms with E-state index in [1.165, 1.54) is 0 Å². The average molecular weight is 221 g/mol. The Labute approximate surface area is 94.6 Å². The lowest BCUT2D eigenvalue weighted by Gasteiger charge is -2.04. The lowest BCUT2D eigenvalue weighted by Crippen LogP contribution is -1.84. The maximum Gasteiger partial charge on any atom is 0.127 e. The second-order valence-corrected chi connectivity index (χ2v) is 4.18. The highest BCUT2D eigenvalue weighted by atomic mass is 32.1. The molecule has 1 aromatic heterocycles. The molecule has 0 unspecified atom stereocenters. The van der Waals surface area contributed by atoms with E-state index in [1.54, 1.807) is 18.4 Å². The van der Waals surface area contributed by atoms with Gasteiger partial charge in [0.25, 0.3) is 0 Å². The Bertz CT molecular complexity index is 437. The van der Waals surface area contributed by atoms with E-state index in [-0.39, 0.29) is 7.43 Å². The number of methoxy groups -OCH3 is 1. The molecule has 0 fully saturated rings. The van der Waals surface area contributed by atoms with E-state index < -0.39 is 0 Å². The van der Waals surface area contributed by atoms with Crippen LogP contribution in [0.2, 0.25) is 0 Å². The molecular weight excluding hydrogens is 206 g/mol. The molecular formula is C12H15NOS. The molecule has 0 aliphatic rings. The minimum Gasteiger partial charge on any atom is -0.496 e. The van der Waals surface area contributed by atoms with Crippen LogP contribution in [-0.4, -0.2) is 12.1 Å². The number of aryl methyl sites for hydroxylation is 1. The SMILES string of the molecule is C.COc1ccccc1-c1cnc(C)s1. The first-order valence-corrected chi connectivity index (χ1v) is 5.18. The number of benzene rings is 1. The second-order valence-electron chi connectivity index (χ2n) is 2.94. The number of hydrogen-bond donors (Lipinski definition) is 0. The number of hydrogen-bond acceptors (Lipinski definition) is 3. The topological polar surface area (TPSA) is 22.1 Å². The molecule has 0 aliphatic carbocycles. The molecule has 2 aromatic rings. The molecule has 80 valence electrons. The number of para-hydroxylation sites is 1. The lowest BCUT2D eigenvalue weighted by molar-refractivity contribution is 0.416. The zero-order valence-corrected chi connectivity index (χ0v) is 8.97. The first kappa shape index (κ1) is 11.7. The first-order valence-electron chi connectivity index (χ1n) is 4.37. The van der Waals surface area contributed by atoms with Gasteiger partial charge < -0.3 is 4.74 Å². The largest absolute Gasteiger partial charge is 0.496 e. The average Bonchev–Trinajstić information content (AvgIpc) is 2.65. The van der Waals surface area contributed by atoms with Crippen LogP contribution in [0.25, 0.3) is 10.4 Å². The van der Waals surface area contributed by atoms with Crippen LogP contribution in [0, 0.1) is 6.92 Å². The molecule has 0 saturated heterocycles. The van der Waals surface area contributed by atoms with Crippen molar-refractivity contribution in [3.05, 3.63) is 35.5 Å². The molecule has 1 aromatic carbocycles. The molecule has 0 bridgehead atoms. The van der Waals surface area contributed by atoms with Gasteiger partial charge in [-0.15, -0.1) is 11.3 Å². The highest BCUT2D eigenvalue weighted by Gasteiger charge is 2.06. The Hall–Kier alpha value is -1.35. The molecule has 0 radical (unpaired) electrons. The van der Waals surface area contributed by atoms with Gasteiger partial charge in [0.2, 0.25) is 0 Å². The molecule has 15 heavy (non-hydrogen) atoms. The Balaban J connectivity index is 0.00000112. The molecule has 0 aliphatic heterocycles. The Morgan fingerprint density at radius 2 is 2.00 bits per heavy atom. The molecule has 1 heterocycles. The Kier molecular flexibility index (Phi) is 3.86. The van der Waals surface area contributed by atoms with Gasteiger partial charge in [-0.05, 0) is 19.1 Å². The highest BCUT2D eigenvalue weighted by Crippen LogP contribution is 2.32. The van der Waals surface area contributed by atoms with Gasteiger partial charge in [-0.3, -0.25) is 0 Å².